The standard InChI is InChI=1S/C14H21FN4O/c1-2-16-14(20)11-19-8-6-18(7-9-19)10-13-12(15)4-3-5-17-13/h3-5H,2,6-11H2,1H3,(H,16,20). The third-order valence-corrected chi connectivity index (χ3v) is 3.41. The number of carbonyl (C=O) groups excluding carboxylic acids is 1. The van der Waals surface area contributed by atoms with Gasteiger partial charge >= 0.3 is 0 Å². The number of carbonyl (C=O) groups is 1. The molecule has 1 aromatic heterocycles. The highest BCUT2D eigenvalue weighted by atomic mass is 19.1. The maximum atomic E-state index is 13.5. The molecule has 2 heterocycles. The van der Waals surface area contributed by atoms with E-state index in [2.05, 4.69) is 20.1 Å². The van der Waals surface area contributed by atoms with Crippen LogP contribution in [-0.2, 0) is 11.3 Å². The molecular weight excluding hydrogens is 259 g/mol. The first kappa shape index (κ1) is 14.9. The molecule has 110 valence electrons. The van der Waals surface area contributed by atoms with Crippen molar-refractivity contribution in [2.24, 2.45) is 0 Å². The van der Waals surface area contributed by atoms with Crippen molar-refractivity contribution in [3.63, 3.8) is 0 Å². The van der Waals surface area contributed by atoms with Crippen molar-refractivity contribution in [2.45, 2.75) is 13.5 Å². The van der Waals surface area contributed by atoms with Crippen molar-refractivity contribution in [2.75, 3.05) is 39.3 Å². The topological polar surface area (TPSA) is 48.5 Å². The van der Waals surface area contributed by atoms with E-state index in [-0.39, 0.29) is 11.7 Å². The Morgan fingerprint density at radius 3 is 2.70 bits per heavy atom. The van der Waals surface area contributed by atoms with E-state index < -0.39 is 0 Å². The highest BCUT2D eigenvalue weighted by Crippen LogP contribution is 2.09. The predicted octanol–water partition coefficient (Wildman–Crippen LogP) is 0.474. The molecule has 5 nitrogen and oxygen atoms in total. The lowest BCUT2D eigenvalue weighted by molar-refractivity contribution is -0.122. The van der Waals surface area contributed by atoms with Crippen LogP contribution < -0.4 is 5.32 Å². The molecule has 6 heteroatoms. The van der Waals surface area contributed by atoms with Gasteiger partial charge in [-0.3, -0.25) is 19.6 Å². The van der Waals surface area contributed by atoms with Gasteiger partial charge < -0.3 is 5.32 Å². The summed E-state index contributed by atoms with van der Waals surface area (Å²) in [5, 5.41) is 2.80. The first-order valence-corrected chi connectivity index (χ1v) is 7.00. The smallest absolute Gasteiger partial charge is 0.234 e. The zero-order chi connectivity index (χ0) is 14.4. The molecule has 1 aliphatic rings. The first-order valence-electron chi connectivity index (χ1n) is 7.00. The number of nitrogens with one attached hydrogen (secondary N) is 1. The number of hydrogen-bond donors (Lipinski definition) is 1. The lowest BCUT2D eigenvalue weighted by Crippen LogP contribution is -2.49. The van der Waals surface area contributed by atoms with Gasteiger partial charge in [0.2, 0.25) is 5.91 Å². The molecule has 1 aromatic rings. The van der Waals surface area contributed by atoms with Crippen LogP contribution in [0.1, 0.15) is 12.6 Å². The van der Waals surface area contributed by atoms with E-state index >= 15 is 0 Å². The number of rotatable bonds is 5. The quantitative estimate of drug-likeness (QED) is 0.852. The molecule has 1 amide bonds. The summed E-state index contributed by atoms with van der Waals surface area (Å²) in [6.07, 6.45) is 1.61. The Kier molecular flexibility index (Phi) is 5.43. The summed E-state index contributed by atoms with van der Waals surface area (Å²) in [5.41, 5.74) is 0.490. The van der Waals surface area contributed by atoms with Crippen LogP contribution in [0.5, 0.6) is 0 Å². The summed E-state index contributed by atoms with van der Waals surface area (Å²) in [5.74, 6) is -0.186. The van der Waals surface area contributed by atoms with Crippen molar-refractivity contribution in [1.29, 1.82) is 0 Å². The summed E-state index contributed by atoms with van der Waals surface area (Å²) in [6.45, 7) is 6.86. The van der Waals surface area contributed by atoms with Gasteiger partial charge in [-0.15, -0.1) is 0 Å². The summed E-state index contributed by atoms with van der Waals surface area (Å²) < 4.78 is 13.5. The van der Waals surface area contributed by atoms with Crippen LogP contribution in [0, 0.1) is 5.82 Å². The van der Waals surface area contributed by atoms with Crippen LogP contribution in [0.15, 0.2) is 18.3 Å². The average Bonchev–Trinajstić information content (AvgIpc) is 2.44. The summed E-state index contributed by atoms with van der Waals surface area (Å²) in [6, 6.07) is 3.04. The van der Waals surface area contributed by atoms with Gasteiger partial charge in [0.15, 0.2) is 0 Å². The molecule has 0 aromatic carbocycles. The minimum absolute atomic E-state index is 0.0664. The van der Waals surface area contributed by atoms with Crippen molar-refractivity contribution in [1.82, 2.24) is 20.1 Å². The van der Waals surface area contributed by atoms with Gasteiger partial charge in [0.25, 0.3) is 0 Å². The molecule has 0 bridgehead atoms. The lowest BCUT2D eigenvalue weighted by atomic mass is 10.2. The van der Waals surface area contributed by atoms with Gasteiger partial charge in [-0.25, -0.2) is 4.39 Å². The first-order chi connectivity index (χ1) is 9.69. The van der Waals surface area contributed by atoms with E-state index in [1.165, 1.54) is 6.07 Å². The number of likely N-dealkylation sites (N-methyl/N-ethyl adjacent to an activating group) is 1. The zero-order valence-corrected chi connectivity index (χ0v) is 11.8. The lowest BCUT2D eigenvalue weighted by Gasteiger charge is -2.34. The highest BCUT2D eigenvalue weighted by Gasteiger charge is 2.19. The number of piperazine rings is 1. The van der Waals surface area contributed by atoms with E-state index in [0.717, 1.165) is 26.2 Å². The van der Waals surface area contributed by atoms with Crippen molar-refractivity contribution in [3.05, 3.63) is 29.8 Å². The largest absolute Gasteiger partial charge is 0.355 e. The number of nitrogens with zero attached hydrogens (tertiary/aromatic N) is 3. The molecule has 1 fully saturated rings. The van der Waals surface area contributed by atoms with Gasteiger partial charge in [-0.2, -0.15) is 0 Å². The number of amides is 1. The SMILES string of the molecule is CCNC(=O)CN1CCN(Cc2ncccc2F)CC1. The van der Waals surface area contributed by atoms with Crippen molar-refractivity contribution < 1.29 is 9.18 Å². The number of pyridine rings is 1. The van der Waals surface area contributed by atoms with Crippen LogP contribution in [0.25, 0.3) is 0 Å². The van der Waals surface area contributed by atoms with E-state index in [1.807, 2.05) is 6.92 Å². The highest BCUT2D eigenvalue weighted by molar-refractivity contribution is 5.77. The Labute approximate surface area is 118 Å². The second-order valence-corrected chi connectivity index (χ2v) is 4.94. The van der Waals surface area contributed by atoms with Crippen LogP contribution in [0.3, 0.4) is 0 Å². The third-order valence-electron chi connectivity index (χ3n) is 3.41. The Hall–Kier alpha value is -1.53. The minimum Gasteiger partial charge on any atom is -0.355 e. The minimum atomic E-state index is -0.253. The molecule has 20 heavy (non-hydrogen) atoms. The van der Waals surface area contributed by atoms with E-state index in [1.54, 1.807) is 12.3 Å². The molecular formula is C14H21FN4O. The second-order valence-electron chi connectivity index (χ2n) is 4.94. The Morgan fingerprint density at radius 2 is 2.05 bits per heavy atom. The fraction of sp³-hybridized carbons (Fsp3) is 0.571. The number of aromatic nitrogens is 1. The fourth-order valence-corrected chi connectivity index (χ4v) is 2.31. The Morgan fingerprint density at radius 1 is 1.35 bits per heavy atom. The number of hydrogen-bond acceptors (Lipinski definition) is 4. The molecule has 0 atom stereocenters. The van der Waals surface area contributed by atoms with Gasteiger partial charge in [0.05, 0.1) is 12.2 Å². The van der Waals surface area contributed by atoms with Crippen LogP contribution >= 0.6 is 0 Å². The molecule has 0 saturated carbocycles. The Balaban J connectivity index is 1.77. The van der Waals surface area contributed by atoms with Crippen molar-refractivity contribution in [3.8, 4) is 0 Å². The molecule has 1 saturated heterocycles. The Bertz CT molecular complexity index is 447. The molecule has 1 N–H and O–H groups in total. The third kappa shape index (κ3) is 4.25. The summed E-state index contributed by atoms with van der Waals surface area (Å²) in [7, 11) is 0. The number of halogens is 1. The molecule has 2 rings (SSSR count). The molecule has 1 aliphatic heterocycles. The van der Waals surface area contributed by atoms with E-state index in [0.29, 0.717) is 25.3 Å². The molecule has 0 spiro atoms. The van der Waals surface area contributed by atoms with Gasteiger partial charge in [0.1, 0.15) is 5.82 Å². The molecule has 0 aliphatic carbocycles. The van der Waals surface area contributed by atoms with E-state index in [9.17, 15) is 9.18 Å². The summed E-state index contributed by atoms with van der Waals surface area (Å²) >= 11 is 0. The zero-order valence-electron chi connectivity index (χ0n) is 11.8. The molecule has 0 radical (unpaired) electrons. The molecule has 0 unspecified atom stereocenters. The van der Waals surface area contributed by atoms with Gasteiger partial charge in [-0.1, -0.05) is 0 Å². The predicted molar refractivity (Wildman–Crippen MR) is 74.6 cm³/mol. The van der Waals surface area contributed by atoms with Crippen molar-refractivity contribution >= 4 is 5.91 Å². The maximum absolute atomic E-state index is 13.5. The maximum Gasteiger partial charge on any atom is 0.234 e. The van der Waals surface area contributed by atoms with Gasteiger partial charge in [-0.05, 0) is 19.1 Å². The fourth-order valence-electron chi connectivity index (χ4n) is 2.31. The monoisotopic (exact) mass is 280 g/mol. The van der Waals surface area contributed by atoms with E-state index in [4.69, 9.17) is 0 Å². The van der Waals surface area contributed by atoms with Crippen LogP contribution in [0.4, 0.5) is 4.39 Å². The second kappa shape index (κ2) is 7.31. The summed E-state index contributed by atoms with van der Waals surface area (Å²) in [4.78, 5) is 19.9. The average molecular weight is 280 g/mol. The van der Waals surface area contributed by atoms with Crippen LogP contribution in [-0.4, -0.2) is 60.0 Å². The van der Waals surface area contributed by atoms with Gasteiger partial charge in [0, 0.05) is 45.5 Å². The normalized spacial score (nSPS) is 17.1. The van der Waals surface area contributed by atoms with Crippen LogP contribution in [0.2, 0.25) is 0 Å².